The first-order valence-corrected chi connectivity index (χ1v) is 13.7. The molecule has 2 aromatic carbocycles. The molecule has 1 aliphatic heterocycles. The summed E-state index contributed by atoms with van der Waals surface area (Å²) in [6.45, 7) is 4.35. The number of nitriles is 2. The number of ether oxygens (including phenoxy) is 2. The van der Waals surface area contributed by atoms with Crippen LogP contribution in [0.4, 0.5) is 14.6 Å². The Morgan fingerprint density at radius 3 is 2.41 bits per heavy atom. The minimum Gasteiger partial charge on any atom is -0.444 e. The van der Waals surface area contributed by atoms with E-state index in [1.54, 1.807) is 0 Å². The average Bonchev–Trinajstić information content (AvgIpc) is 3.58. The Kier molecular flexibility index (Phi) is 8.04. The third-order valence-electron chi connectivity index (χ3n) is 6.56. The molecule has 0 bridgehead atoms. The minimum absolute atomic E-state index is 0.0108. The fraction of sp³-hybridized carbons (Fsp3) is 0.267. The van der Waals surface area contributed by atoms with E-state index in [1.807, 2.05) is 38.1 Å². The summed E-state index contributed by atoms with van der Waals surface area (Å²) in [5.74, 6) is -2.14. The molecule has 4 aromatic rings. The highest BCUT2D eigenvalue weighted by Gasteiger charge is 2.32. The maximum atomic E-state index is 13.6. The lowest BCUT2D eigenvalue weighted by molar-refractivity contribution is -0.138. The number of nitrogen functional groups attached to an aromatic ring is 1. The SMILES string of the molecule is CC1(C)OC[C@@H](CCc2ccc(-c3c(C#N)c(N)nc(SCc4coc(-c5ccc(F)c(F)c5)n4)c3C#N)cc2)O1. The summed E-state index contributed by atoms with van der Waals surface area (Å²) in [6.07, 6.45) is 3.01. The van der Waals surface area contributed by atoms with Crippen LogP contribution in [0.3, 0.4) is 0 Å². The number of benzene rings is 2. The summed E-state index contributed by atoms with van der Waals surface area (Å²) in [6, 6.07) is 15.3. The van der Waals surface area contributed by atoms with Crippen LogP contribution in [0.25, 0.3) is 22.6 Å². The summed E-state index contributed by atoms with van der Waals surface area (Å²) < 4.78 is 43.8. The summed E-state index contributed by atoms with van der Waals surface area (Å²) in [4.78, 5) is 8.66. The van der Waals surface area contributed by atoms with Crippen LogP contribution in [0, 0.1) is 34.3 Å². The standard InChI is InChI=1S/C30H25F2N5O3S/c1-30(2)39-15-21(40-30)9-5-17-3-6-18(7-4-17)26-22(12-33)27(35)37-29(23(26)13-34)41-16-20-14-38-28(36-20)19-8-10-24(31)25(32)11-19/h3-4,6-8,10-11,14,21H,5,9,15-16H2,1-2H3,(H2,35,37)/t21-/m1/s1. The van der Waals surface area contributed by atoms with Crippen LogP contribution in [-0.2, 0) is 21.6 Å². The van der Waals surface area contributed by atoms with Gasteiger partial charge in [0.2, 0.25) is 5.89 Å². The lowest BCUT2D eigenvalue weighted by Crippen LogP contribution is -2.21. The Balaban J connectivity index is 1.35. The number of hydrogen-bond acceptors (Lipinski definition) is 9. The molecule has 2 N–H and O–H groups in total. The number of aryl methyl sites for hydroxylation is 1. The molecule has 0 radical (unpaired) electrons. The van der Waals surface area contributed by atoms with Gasteiger partial charge in [0.25, 0.3) is 0 Å². The van der Waals surface area contributed by atoms with Crippen molar-refractivity contribution in [1.82, 2.24) is 9.97 Å². The molecular weight excluding hydrogens is 548 g/mol. The predicted octanol–water partition coefficient (Wildman–Crippen LogP) is 6.38. The van der Waals surface area contributed by atoms with Crippen molar-refractivity contribution in [2.45, 2.75) is 49.4 Å². The number of anilines is 1. The quantitative estimate of drug-likeness (QED) is 0.238. The number of thioether (sulfide) groups is 1. The molecule has 3 heterocycles. The topological polar surface area (TPSA) is 131 Å². The van der Waals surface area contributed by atoms with Crippen LogP contribution < -0.4 is 5.73 Å². The zero-order valence-electron chi connectivity index (χ0n) is 22.3. The Morgan fingerprint density at radius 1 is 1.02 bits per heavy atom. The molecule has 1 saturated heterocycles. The fourth-order valence-electron chi connectivity index (χ4n) is 4.54. The number of pyridine rings is 1. The summed E-state index contributed by atoms with van der Waals surface area (Å²) >= 11 is 1.20. The molecule has 41 heavy (non-hydrogen) atoms. The zero-order chi connectivity index (χ0) is 29.1. The predicted molar refractivity (Wildman–Crippen MR) is 148 cm³/mol. The van der Waals surface area contributed by atoms with Crippen LogP contribution in [0.1, 0.15) is 42.7 Å². The van der Waals surface area contributed by atoms with E-state index in [2.05, 4.69) is 22.1 Å². The second kappa shape index (κ2) is 11.7. The van der Waals surface area contributed by atoms with E-state index in [0.717, 1.165) is 30.5 Å². The van der Waals surface area contributed by atoms with Crippen molar-refractivity contribution in [2.24, 2.45) is 0 Å². The van der Waals surface area contributed by atoms with Gasteiger partial charge in [-0.3, -0.25) is 0 Å². The van der Waals surface area contributed by atoms with E-state index in [4.69, 9.17) is 19.6 Å². The summed E-state index contributed by atoms with van der Waals surface area (Å²) in [7, 11) is 0. The number of nitrogens with two attached hydrogens (primary N) is 1. The molecule has 208 valence electrons. The van der Waals surface area contributed by atoms with Gasteiger partial charge in [-0.15, -0.1) is 0 Å². The molecule has 8 nitrogen and oxygen atoms in total. The van der Waals surface area contributed by atoms with Crippen LogP contribution in [0.2, 0.25) is 0 Å². The van der Waals surface area contributed by atoms with Crippen molar-refractivity contribution in [3.8, 4) is 34.7 Å². The van der Waals surface area contributed by atoms with Crippen LogP contribution >= 0.6 is 11.8 Å². The lowest BCUT2D eigenvalue weighted by Gasteiger charge is -2.17. The minimum atomic E-state index is -1.01. The van der Waals surface area contributed by atoms with Gasteiger partial charge >= 0.3 is 0 Å². The molecule has 0 amide bonds. The number of halogens is 2. The van der Waals surface area contributed by atoms with E-state index in [0.29, 0.717) is 28.5 Å². The van der Waals surface area contributed by atoms with Gasteiger partial charge in [0.05, 0.1) is 24.0 Å². The first-order chi connectivity index (χ1) is 19.7. The fourth-order valence-corrected chi connectivity index (χ4v) is 5.41. The molecular formula is C30H25F2N5O3S. The molecule has 0 saturated carbocycles. The summed E-state index contributed by atoms with van der Waals surface area (Å²) in [5.41, 5.74) is 9.44. The second-order valence-electron chi connectivity index (χ2n) is 9.90. The molecule has 0 unspecified atom stereocenters. The second-order valence-corrected chi connectivity index (χ2v) is 10.9. The molecule has 2 aromatic heterocycles. The lowest BCUT2D eigenvalue weighted by atomic mass is 9.95. The Labute approximate surface area is 239 Å². The van der Waals surface area contributed by atoms with Gasteiger partial charge < -0.3 is 19.6 Å². The van der Waals surface area contributed by atoms with Crippen LogP contribution in [0.5, 0.6) is 0 Å². The van der Waals surface area contributed by atoms with E-state index < -0.39 is 17.4 Å². The number of hydrogen-bond donors (Lipinski definition) is 1. The molecule has 0 spiro atoms. The van der Waals surface area contributed by atoms with Gasteiger partial charge in [-0.1, -0.05) is 36.0 Å². The van der Waals surface area contributed by atoms with Gasteiger partial charge in [0.1, 0.15) is 34.8 Å². The first-order valence-electron chi connectivity index (χ1n) is 12.7. The molecule has 1 fully saturated rings. The van der Waals surface area contributed by atoms with E-state index >= 15 is 0 Å². The van der Waals surface area contributed by atoms with Crippen molar-refractivity contribution in [2.75, 3.05) is 12.3 Å². The Hall–Kier alpha value is -4.29. The van der Waals surface area contributed by atoms with E-state index in [1.165, 1.54) is 24.1 Å². The van der Waals surface area contributed by atoms with Gasteiger partial charge in [0.15, 0.2) is 17.4 Å². The van der Waals surface area contributed by atoms with Crippen molar-refractivity contribution in [1.29, 1.82) is 10.5 Å². The van der Waals surface area contributed by atoms with Gasteiger partial charge in [0, 0.05) is 16.9 Å². The Bertz CT molecular complexity index is 1680. The van der Waals surface area contributed by atoms with Crippen molar-refractivity contribution in [3.05, 3.63) is 82.7 Å². The third-order valence-corrected chi connectivity index (χ3v) is 7.56. The van der Waals surface area contributed by atoms with Crippen molar-refractivity contribution in [3.63, 3.8) is 0 Å². The highest BCUT2D eigenvalue weighted by atomic mass is 32.2. The smallest absolute Gasteiger partial charge is 0.226 e. The molecule has 1 aliphatic rings. The van der Waals surface area contributed by atoms with Gasteiger partial charge in [-0.05, 0) is 56.0 Å². The normalized spacial score (nSPS) is 15.9. The van der Waals surface area contributed by atoms with Gasteiger partial charge in [-0.25, -0.2) is 18.7 Å². The maximum absolute atomic E-state index is 13.6. The Morgan fingerprint density at radius 2 is 1.76 bits per heavy atom. The highest BCUT2D eigenvalue weighted by Crippen LogP contribution is 2.37. The largest absolute Gasteiger partial charge is 0.444 e. The maximum Gasteiger partial charge on any atom is 0.226 e. The number of rotatable bonds is 8. The number of oxazole rings is 1. The van der Waals surface area contributed by atoms with Crippen molar-refractivity contribution < 1.29 is 22.7 Å². The number of nitrogens with zero attached hydrogens (tertiary/aromatic N) is 4. The highest BCUT2D eigenvalue weighted by molar-refractivity contribution is 7.98. The molecule has 1 atom stereocenters. The monoisotopic (exact) mass is 573 g/mol. The molecule has 11 heteroatoms. The average molecular weight is 574 g/mol. The van der Waals surface area contributed by atoms with Gasteiger partial charge in [-0.2, -0.15) is 10.5 Å². The first kappa shape index (κ1) is 28.2. The van der Waals surface area contributed by atoms with E-state index in [-0.39, 0.29) is 40.3 Å². The zero-order valence-corrected chi connectivity index (χ0v) is 23.1. The summed E-state index contributed by atoms with van der Waals surface area (Å²) in [5, 5.41) is 20.3. The molecule has 5 rings (SSSR count). The van der Waals surface area contributed by atoms with Crippen LogP contribution in [-0.4, -0.2) is 28.5 Å². The van der Waals surface area contributed by atoms with E-state index in [9.17, 15) is 19.3 Å². The third kappa shape index (κ3) is 6.23. The number of aromatic nitrogens is 2. The van der Waals surface area contributed by atoms with Crippen molar-refractivity contribution >= 4 is 17.6 Å². The molecule has 0 aliphatic carbocycles. The van der Waals surface area contributed by atoms with Crippen LogP contribution in [0.15, 0.2) is 58.2 Å².